The fourth-order valence-electron chi connectivity index (χ4n) is 1.83. The first-order valence-electron chi connectivity index (χ1n) is 6.59. The number of aromatic nitrogens is 1. The molecule has 2 rings (SSSR count). The number of hydrogen-bond acceptors (Lipinski definition) is 4. The fraction of sp³-hybridized carbons (Fsp3) is 0.357. The van der Waals surface area contributed by atoms with Crippen LogP contribution in [-0.2, 0) is 12.6 Å². The van der Waals surface area contributed by atoms with Gasteiger partial charge in [-0.3, -0.25) is 0 Å². The van der Waals surface area contributed by atoms with E-state index in [0.29, 0.717) is 5.13 Å². The summed E-state index contributed by atoms with van der Waals surface area (Å²) in [7, 11) is 0. The first-order chi connectivity index (χ1) is 10.0. The van der Waals surface area contributed by atoms with Gasteiger partial charge in [0, 0.05) is 18.3 Å². The number of halogens is 3. The molecule has 0 atom stereocenters. The molecule has 0 aliphatic heterocycles. The summed E-state index contributed by atoms with van der Waals surface area (Å²) >= 11 is 1.30. The van der Waals surface area contributed by atoms with Gasteiger partial charge in [0.05, 0.1) is 16.9 Å². The van der Waals surface area contributed by atoms with Crippen molar-refractivity contribution in [1.82, 2.24) is 10.3 Å². The van der Waals surface area contributed by atoms with Crippen LogP contribution >= 0.6 is 11.3 Å². The van der Waals surface area contributed by atoms with Crippen molar-refractivity contribution >= 4 is 22.2 Å². The number of para-hydroxylation sites is 1. The molecule has 1 aromatic heterocycles. The van der Waals surface area contributed by atoms with Gasteiger partial charge in [-0.25, -0.2) is 4.98 Å². The molecule has 21 heavy (non-hydrogen) atoms. The van der Waals surface area contributed by atoms with Crippen molar-refractivity contribution in [2.75, 3.05) is 18.4 Å². The van der Waals surface area contributed by atoms with Crippen LogP contribution in [0.4, 0.5) is 24.0 Å². The van der Waals surface area contributed by atoms with E-state index in [9.17, 15) is 13.2 Å². The molecule has 114 valence electrons. The van der Waals surface area contributed by atoms with Gasteiger partial charge in [0.25, 0.3) is 0 Å². The van der Waals surface area contributed by atoms with Crippen LogP contribution < -0.4 is 10.6 Å². The Morgan fingerprint density at radius 1 is 1.24 bits per heavy atom. The fourth-order valence-corrected chi connectivity index (χ4v) is 2.58. The summed E-state index contributed by atoms with van der Waals surface area (Å²) in [6.45, 7) is 3.70. The molecule has 0 amide bonds. The van der Waals surface area contributed by atoms with E-state index in [1.54, 1.807) is 6.07 Å². The first-order valence-corrected chi connectivity index (χ1v) is 7.47. The van der Waals surface area contributed by atoms with Crippen LogP contribution in [0.25, 0.3) is 0 Å². The van der Waals surface area contributed by atoms with E-state index < -0.39 is 11.7 Å². The zero-order chi connectivity index (χ0) is 15.3. The van der Waals surface area contributed by atoms with Crippen molar-refractivity contribution in [2.45, 2.75) is 19.5 Å². The standard InChI is InChI=1S/C14H16F3N3S/c1-2-18-8-7-10-9-21-13(19-10)20-12-6-4-3-5-11(12)14(15,16)17/h3-6,9,18H,2,7-8H2,1H3,(H,19,20). The zero-order valence-corrected chi connectivity index (χ0v) is 12.3. The molecule has 2 aromatic rings. The SMILES string of the molecule is CCNCCc1csc(Nc2ccccc2C(F)(F)F)n1. The van der Waals surface area contributed by atoms with Crippen LogP contribution in [0, 0.1) is 0 Å². The highest BCUT2D eigenvalue weighted by molar-refractivity contribution is 7.13. The van der Waals surface area contributed by atoms with Gasteiger partial charge in [0.2, 0.25) is 0 Å². The lowest BCUT2D eigenvalue weighted by molar-refractivity contribution is -0.136. The third-order valence-electron chi connectivity index (χ3n) is 2.83. The second kappa shape index (κ2) is 6.91. The van der Waals surface area contributed by atoms with E-state index in [1.807, 2.05) is 12.3 Å². The molecule has 0 aliphatic carbocycles. The largest absolute Gasteiger partial charge is 0.418 e. The number of hydrogen-bond donors (Lipinski definition) is 2. The lowest BCUT2D eigenvalue weighted by Gasteiger charge is -2.12. The maximum atomic E-state index is 12.9. The van der Waals surface area contributed by atoms with Crippen molar-refractivity contribution in [3.05, 3.63) is 40.9 Å². The van der Waals surface area contributed by atoms with E-state index in [2.05, 4.69) is 15.6 Å². The second-order valence-electron chi connectivity index (χ2n) is 4.42. The van der Waals surface area contributed by atoms with Gasteiger partial charge in [-0.15, -0.1) is 11.3 Å². The maximum absolute atomic E-state index is 12.9. The van der Waals surface area contributed by atoms with Crippen LogP contribution in [0.1, 0.15) is 18.2 Å². The molecule has 0 unspecified atom stereocenters. The molecule has 0 saturated carbocycles. The third kappa shape index (κ3) is 4.44. The predicted octanol–water partition coefficient (Wildman–Crippen LogP) is 4.06. The minimum Gasteiger partial charge on any atom is -0.331 e. The van der Waals surface area contributed by atoms with E-state index in [4.69, 9.17) is 0 Å². The van der Waals surface area contributed by atoms with Gasteiger partial charge in [-0.05, 0) is 18.7 Å². The van der Waals surface area contributed by atoms with E-state index in [1.165, 1.54) is 23.5 Å². The summed E-state index contributed by atoms with van der Waals surface area (Å²) in [6, 6.07) is 5.40. The van der Waals surface area contributed by atoms with Crippen molar-refractivity contribution < 1.29 is 13.2 Å². The molecular weight excluding hydrogens is 299 g/mol. The number of nitrogens with one attached hydrogen (secondary N) is 2. The lowest BCUT2D eigenvalue weighted by atomic mass is 10.2. The minimum atomic E-state index is -4.38. The second-order valence-corrected chi connectivity index (χ2v) is 5.27. The monoisotopic (exact) mass is 315 g/mol. The molecule has 3 nitrogen and oxygen atoms in total. The molecule has 0 aliphatic rings. The molecule has 0 radical (unpaired) electrons. The lowest BCUT2D eigenvalue weighted by Crippen LogP contribution is -2.16. The quantitative estimate of drug-likeness (QED) is 0.789. The highest BCUT2D eigenvalue weighted by Crippen LogP contribution is 2.36. The van der Waals surface area contributed by atoms with Crippen LogP contribution in [0.15, 0.2) is 29.6 Å². The van der Waals surface area contributed by atoms with Gasteiger partial charge < -0.3 is 10.6 Å². The Bertz CT molecular complexity index is 581. The molecule has 2 N–H and O–H groups in total. The van der Waals surface area contributed by atoms with Crippen LogP contribution in [0.2, 0.25) is 0 Å². The van der Waals surface area contributed by atoms with E-state index in [0.717, 1.165) is 31.3 Å². The van der Waals surface area contributed by atoms with Gasteiger partial charge in [-0.1, -0.05) is 19.1 Å². The minimum absolute atomic E-state index is 0.0255. The summed E-state index contributed by atoms with van der Waals surface area (Å²) in [5.41, 5.74) is 0.208. The van der Waals surface area contributed by atoms with Gasteiger partial charge >= 0.3 is 6.18 Å². The summed E-state index contributed by atoms with van der Waals surface area (Å²) in [5, 5.41) is 8.26. The predicted molar refractivity (Wildman–Crippen MR) is 79.1 cm³/mol. The number of thiazole rings is 1. The highest BCUT2D eigenvalue weighted by atomic mass is 32.1. The number of alkyl halides is 3. The van der Waals surface area contributed by atoms with Crippen LogP contribution in [-0.4, -0.2) is 18.1 Å². The van der Waals surface area contributed by atoms with E-state index in [-0.39, 0.29) is 5.69 Å². The average molecular weight is 315 g/mol. The number of rotatable bonds is 6. The molecule has 1 heterocycles. The molecule has 0 bridgehead atoms. The Labute approximate surface area is 125 Å². The van der Waals surface area contributed by atoms with Gasteiger partial charge in [-0.2, -0.15) is 13.2 Å². The van der Waals surface area contributed by atoms with Crippen LogP contribution in [0.5, 0.6) is 0 Å². The van der Waals surface area contributed by atoms with Crippen molar-refractivity contribution in [2.24, 2.45) is 0 Å². The number of nitrogens with zero attached hydrogens (tertiary/aromatic N) is 1. The zero-order valence-electron chi connectivity index (χ0n) is 11.5. The Kier molecular flexibility index (Phi) is 5.19. The molecule has 0 fully saturated rings. The first kappa shape index (κ1) is 15.8. The normalized spacial score (nSPS) is 11.6. The number of anilines is 2. The van der Waals surface area contributed by atoms with Gasteiger partial charge in [0.15, 0.2) is 5.13 Å². The molecule has 7 heteroatoms. The van der Waals surface area contributed by atoms with Gasteiger partial charge in [0.1, 0.15) is 0 Å². The van der Waals surface area contributed by atoms with Crippen LogP contribution in [0.3, 0.4) is 0 Å². The Morgan fingerprint density at radius 3 is 2.71 bits per heavy atom. The third-order valence-corrected chi connectivity index (χ3v) is 3.64. The van der Waals surface area contributed by atoms with Crippen molar-refractivity contribution in [1.29, 1.82) is 0 Å². The molecule has 0 spiro atoms. The summed E-state index contributed by atoms with van der Waals surface area (Å²) in [6.07, 6.45) is -3.62. The summed E-state index contributed by atoms with van der Waals surface area (Å²) < 4.78 is 38.7. The summed E-state index contributed by atoms with van der Waals surface area (Å²) in [4.78, 5) is 4.30. The van der Waals surface area contributed by atoms with E-state index >= 15 is 0 Å². The molecule has 0 saturated heterocycles. The average Bonchev–Trinajstić information content (AvgIpc) is 2.86. The van der Waals surface area contributed by atoms with Crippen molar-refractivity contribution in [3.8, 4) is 0 Å². The smallest absolute Gasteiger partial charge is 0.331 e. The Hall–Kier alpha value is -1.60. The number of likely N-dealkylation sites (N-methyl/N-ethyl adjacent to an activating group) is 1. The number of benzene rings is 1. The Balaban J connectivity index is 2.09. The maximum Gasteiger partial charge on any atom is 0.418 e. The molecular formula is C14H16F3N3S. The summed E-state index contributed by atoms with van der Waals surface area (Å²) in [5.74, 6) is 0. The Morgan fingerprint density at radius 2 is 2.00 bits per heavy atom. The topological polar surface area (TPSA) is 37.0 Å². The molecule has 1 aromatic carbocycles. The highest BCUT2D eigenvalue weighted by Gasteiger charge is 2.33. The van der Waals surface area contributed by atoms with Crippen molar-refractivity contribution in [3.63, 3.8) is 0 Å².